The second-order valence-electron chi connectivity index (χ2n) is 8.82. The normalized spacial score (nSPS) is 13.1. The van der Waals surface area contributed by atoms with Crippen molar-refractivity contribution < 1.29 is 19.0 Å². The first-order valence-electron chi connectivity index (χ1n) is 12.5. The number of nitrogens with one attached hydrogen (secondary N) is 2. The first-order valence-corrected chi connectivity index (χ1v) is 12.5. The van der Waals surface area contributed by atoms with E-state index in [9.17, 15) is 4.79 Å². The summed E-state index contributed by atoms with van der Waals surface area (Å²) in [6.45, 7) is 2.17. The fourth-order valence-corrected chi connectivity index (χ4v) is 4.54. The van der Waals surface area contributed by atoms with Gasteiger partial charge in [-0.1, -0.05) is 18.2 Å². The number of aromatic nitrogens is 4. The number of anilines is 3. The number of fused-ring (bicyclic) bond motifs is 1. The molecule has 2 N–H and O–H groups in total. The average Bonchev–Trinajstić information content (AvgIpc) is 3.57. The Bertz CT molecular complexity index is 1400. The summed E-state index contributed by atoms with van der Waals surface area (Å²) < 4.78 is 18.4. The van der Waals surface area contributed by atoms with Gasteiger partial charge in [0, 0.05) is 49.6 Å². The lowest BCUT2D eigenvalue weighted by Crippen LogP contribution is -2.27. The molecule has 0 radical (unpaired) electrons. The molecule has 0 bridgehead atoms. The number of methoxy groups -OCH3 is 3. The van der Waals surface area contributed by atoms with Crippen molar-refractivity contribution in [2.45, 2.75) is 19.3 Å². The SMILES string of the molecule is COc1cc(Nc2nc(NCCCN3CCCC3=O)nc3c2ncn3-c2ccccc2)cc(OC)c1OC. The van der Waals surface area contributed by atoms with Crippen molar-refractivity contribution in [3.05, 3.63) is 48.8 Å². The van der Waals surface area contributed by atoms with E-state index in [4.69, 9.17) is 24.2 Å². The highest BCUT2D eigenvalue weighted by molar-refractivity contribution is 5.88. The van der Waals surface area contributed by atoms with Crippen LogP contribution in [0.2, 0.25) is 0 Å². The fraction of sp³-hybridized carbons (Fsp3) is 0.333. The van der Waals surface area contributed by atoms with Gasteiger partial charge in [0.2, 0.25) is 17.6 Å². The van der Waals surface area contributed by atoms with Crippen LogP contribution in [0.15, 0.2) is 48.8 Å². The summed E-state index contributed by atoms with van der Waals surface area (Å²) in [6.07, 6.45) is 4.11. The van der Waals surface area contributed by atoms with Crippen LogP contribution in [0.4, 0.5) is 17.5 Å². The monoisotopic (exact) mass is 517 g/mol. The number of carbonyl (C=O) groups excluding carboxylic acids is 1. The van der Waals surface area contributed by atoms with Crippen LogP contribution >= 0.6 is 0 Å². The van der Waals surface area contributed by atoms with E-state index in [-0.39, 0.29) is 5.91 Å². The molecule has 2 aromatic carbocycles. The number of carbonyl (C=O) groups is 1. The van der Waals surface area contributed by atoms with Gasteiger partial charge in [-0.25, -0.2) is 4.98 Å². The van der Waals surface area contributed by atoms with Crippen LogP contribution < -0.4 is 24.8 Å². The van der Waals surface area contributed by atoms with Crippen molar-refractivity contribution in [1.82, 2.24) is 24.4 Å². The molecule has 11 nitrogen and oxygen atoms in total. The number of nitrogens with zero attached hydrogens (tertiary/aromatic N) is 5. The smallest absolute Gasteiger partial charge is 0.226 e. The third-order valence-corrected chi connectivity index (χ3v) is 6.42. The van der Waals surface area contributed by atoms with Crippen molar-refractivity contribution in [1.29, 1.82) is 0 Å². The lowest BCUT2D eigenvalue weighted by atomic mass is 10.2. The lowest BCUT2D eigenvalue weighted by Gasteiger charge is -2.16. The third kappa shape index (κ3) is 5.13. The van der Waals surface area contributed by atoms with Gasteiger partial charge in [0.1, 0.15) is 6.33 Å². The van der Waals surface area contributed by atoms with E-state index in [0.29, 0.717) is 65.4 Å². The summed E-state index contributed by atoms with van der Waals surface area (Å²) >= 11 is 0. The Balaban J connectivity index is 1.47. The van der Waals surface area contributed by atoms with E-state index < -0.39 is 0 Å². The Kier molecular flexibility index (Phi) is 7.43. The average molecular weight is 518 g/mol. The highest BCUT2D eigenvalue weighted by atomic mass is 16.5. The van der Waals surface area contributed by atoms with Gasteiger partial charge in [-0.2, -0.15) is 9.97 Å². The van der Waals surface area contributed by atoms with Crippen LogP contribution in [-0.4, -0.2) is 71.3 Å². The number of likely N-dealkylation sites (tertiary alicyclic amines) is 1. The van der Waals surface area contributed by atoms with Gasteiger partial charge in [-0.15, -0.1) is 0 Å². The molecule has 4 aromatic rings. The standard InChI is InChI=1S/C27H31N7O4/c1-36-20-15-18(16-21(37-2)24(20)38-3)30-25-23-26(34(17-29-23)19-9-5-4-6-10-19)32-27(31-25)28-12-8-14-33-13-7-11-22(33)35/h4-6,9-10,15-17H,7-8,11-14H2,1-3H3,(H2,28,30,31,32). The minimum atomic E-state index is 0.228. The molecule has 0 unspecified atom stereocenters. The Morgan fingerprint density at radius 3 is 2.42 bits per heavy atom. The van der Waals surface area contributed by atoms with Gasteiger partial charge in [0.05, 0.1) is 21.3 Å². The van der Waals surface area contributed by atoms with Crippen LogP contribution in [0.25, 0.3) is 16.9 Å². The topological polar surface area (TPSA) is 116 Å². The molecule has 0 atom stereocenters. The van der Waals surface area contributed by atoms with Gasteiger partial charge in [0.15, 0.2) is 28.5 Å². The number of benzene rings is 2. The molecule has 0 saturated carbocycles. The van der Waals surface area contributed by atoms with E-state index in [0.717, 1.165) is 25.1 Å². The zero-order valence-electron chi connectivity index (χ0n) is 21.7. The van der Waals surface area contributed by atoms with Gasteiger partial charge in [-0.3, -0.25) is 9.36 Å². The summed E-state index contributed by atoms with van der Waals surface area (Å²) in [5.41, 5.74) is 2.88. The molecule has 11 heteroatoms. The van der Waals surface area contributed by atoms with E-state index in [1.54, 1.807) is 27.7 Å². The van der Waals surface area contributed by atoms with Crippen LogP contribution in [0, 0.1) is 0 Å². The molecule has 1 aliphatic rings. The molecular weight excluding hydrogens is 486 g/mol. The van der Waals surface area contributed by atoms with Crippen molar-refractivity contribution in [3.8, 4) is 22.9 Å². The Labute approximate surface area is 220 Å². The van der Waals surface area contributed by atoms with E-state index in [1.807, 2.05) is 51.9 Å². The van der Waals surface area contributed by atoms with E-state index >= 15 is 0 Å². The quantitative estimate of drug-likeness (QED) is 0.285. The highest BCUT2D eigenvalue weighted by Crippen LogP contribution is 2.41. The predicted molar refractivity (Wildman–Crippen MR) is 145 cm³/mol. The van der Waals surface area contributed by atoms with Gasteiger partial charge in [0.25, 0.3) is 0 Å². The molecule has 5 rings (SSSR count). The number of ether oxygens (including phenoxy) is 3. The van der Waals surface area contributed by atoms with Gasteiger partial charge >= 0.3 is 0 Å². The Morgan fingerprint density at radius 1 is 1.00 bits per heavy atom. The second-order valence-corrected chi connectivity index (χ2v) is 8.82. The van der Waals surface area contributed by atoms with E-state index in [2.05, 4.69) is 15.6 Å². The van der Waals surface area contributed by atoms with Crippen LogP contribution in [0.5, 0.6) is 17.2 Å². The zero-order valence-corrected chi connectivity index (χ0v) is 21.7. The van der Waals surface area contributed by atoms with Gasteiger partial charge < -0.3 is 29.7 Å². The van der Waals surface area contributed by atoms with Crippen molar-refractivity contribution in [2.75, 3.05) is 51.6 Å². The first-order chi connectivity index (χ1) is 18.6. The Hall–Kier alpha value is -4.54. The summed E-state index contributed by atoms with van der Waals surface area (Å²) in [4.78, 5) is 28.0. The number of amides is 1. The predicted octanol–water partition coefficient (Wildman–Crippen LogP) is 4.01. The summed E-state index contributed by atoms with van der Waals surface area (Å²) in [6, 6.07) is 13.5. The minimum Gasteiger partial charge on any atom is -0.493 e. The Morgan fingerprint density at radius 2 is 1.76 bits per heavy atom. The summed E-state index contributed by atoms with van der Waals surface area (Å²) in [5.74, 6) is 2.74. The number of rotatable bonds is 11. The molecular formula is C27H31N7O4. The van der Waals surface area contributed by atoms with Crippen LogP contribution in [0.3, 0.4) is 0 Å². The molecule has 0 aliphatic carbocycles. The maximum absolute atomic E-state index is 11.9. The number of imidazole rings is 1. The zero-order chi connectivity index (χ0) is 26.5. The largest absolute Gasteiger partial charge is 0.493 e. The lowest BCUT2D eigenvalue weighted by molar-refractivity contribution is -0.127. The molecule has 38 heavy (non-hydrogen) atoms. The number of hydrogen-bond acceptors (Lipinski definition) is 9. The molecule has 3 heterocycles. The summed E-state index contributed by atoms with van der Waals surface area (Å²) in [5, 5.41) is 6.68. The molecule has 198 valence electrons. The van der Waals surface area contributed by atoms with Crippen molar-refractivity contribution in [3.63, 3.8) is 0 Å². The molecule has 0 spiro atoms. The highest BCUT2D eigenvalue weighted by Gasteiger charge is 2.20. The molecule has 1 saturated heterocycles. The van der Waals surface area contributed by atoms with Crippen molar-refractivity contribution in [2.24, 2.45) is 0 Å². The maximum atomic E-state index is 11.9. The summed E-state index contributed by atoms with van der Waals surface area (Å²) in [7, 11) is 4.71. The third-order valence-electron chi connectivity index (χ3n) is 6.42. The van der Waals surface area contributed by atoms with Crippen LogP contribution in [-0.2, 0) is 4.79 Å². The van der Waals surface area contributed by atoms with Gasteiger partial charge in [-0.05, 0) is 25.0 Å². The number of para-hydroxylation sites is 1. The molecule has 1 amide bonds. The minimum absolute atomic E-state index is 0.228. The molecule has 1 fully saturated rings. The van der Waals surface area contributed by atoms with Crippen molar-refractivity contribution >= 4 is 34.5 Å². The van der Waals surface area contributed by atoms with E-state index in [1.165, 1.54) is 0 Å². The van der Waals surface area contributed by atoms with Crippen LogP contribution in [0.1, 0.15) is 19.3 Å². The molecule has 2 aromatic heterocycles. The first kappa shape index (κ1) is 25.1. The number of hydrogen-bond donors (Lipinski definition) is 2. The fourth-order valence-electron chi connectivity index (χ4n) is 4.54. The second kappa shape index (κ2) is 11.2. The maximum Gasteiger partial charge on any atom is 0.226 e. The molecule has 1 aliphatic heterocycles.